The molecular formula is C14H19N5O. The number of carbonyl (C=O) groups is 1. The Kier molecular flexibility index (Phi) is 4.45. The van der Waals surface area contributed by atoms with Gasteiger partial charge in [0.25, 0.3) is 5.91 Å². The lowest BCUT2D eigenvalue weighted by atomic mass is 10.2. The van der Waals surface area contributed by atoms with E-state index in [1.807, 2.05) is 31.5 Å². The Morgan fingerprint density at radius 2 is 2.10 bits per heavy atom. The number of amides is 1. The SMILES string of the molecule is CCc1cc(C(=O)NCCn2nc(C)cc2C)ncn1. The molecule has 2 aromatic rings. The first kappa shape index (κ1) is 14.2. The zero-order valence-corrected chi connectivity index (χ0v) is 12.1. The molecule has 2 heterocycles. The molecular weight excluding hydrogens is 254 g/mol. The summed E-state index contributed by atoms with van der Waals surface area (Å²) < 4.78 is 1.88. The van der Waals surface area contributed by atoms with Crippen LogP contribution in [0.3, 0.4) is 0 Å². The molecule has 0 radical (unpaired) electrons. The average molecular weight is 273 g/mol. The standard InChI is InChI=1S/C14H19N5O/c1-4-12-8-13(17-9-16-12)14(20)15-5-6-19-11(3)7-10(2)18-19/h7-9H,4-6H2,1-3H3,(H,15,20). The highest BCUT2D eigenvalue weighted by atomic mass is 16.1. The van der Waals surface area contributed by atoms with Gasteiger partial charge in [-0.1, -0.05) is 6.92 Å². The molecule has 0 atom stereocenters. The number of carbonyl (C=O) groups excluding carboxylic acids is 1. The molecule has 1 N–H and O–H groups in total. The molecule has 20 heavy (non-hydrogen) atoms. The van der Waals surface area contributed by atoms with Crippen LogP contribution < -0.4 is 5.32 Å². The highest BCUT2D eigenvalue weighted by molar-refractivity contribution is 5.92. The molecule has 106 valence electrons. The van der Waals surface area contributed by atoms with Gasteiger partial charge in [-0.25, -0.2) is 9.97 Å². The molecule has 0 aliphatic heterocycles. The van der Waals surface area contributed by atoms with Crippen molar-refractivity contribution in [2.45, 2.75) is 33.7 Å². The molecule has 0 aliphatic carbocycles. The molecule has 0 fully saturated rings. The summed E-state index contributed by atoms with van der Waals surface area (Å²) in [5.41, 5.74) is 3.35. The topological polar surface area (TPSA) is 72.7 Å². The van der Waals surface area contributed by atoms with E-state index in [4.69, 9.17) is 0 Å². The molecule has 0 saturated heterocycles. The van der Waals surface area contributed by atoms with Crippen molar-refractivity contribution in [3.63, 3.8) is 0 Å². The number of aromatic nitrogens is 4. The summed E-state index contributed by atoms with van der Waals surface area (Å²) in [4.78, 5) is 20.0. The van der Waals surface area contributed by atoms with Crippen molar-refractivity contribution in [1.82, 2.24) is 25.1 Å². The van der Waals surface area contributed by atoms with Crippen molar-refractivity contribution in [2.24, 2.45) is 0 Å². The maximum absolute atomic E-state index is 12.0. The molecule has 0 aliphatic rings. The lowest BCUT2D eigenvalue weighted by Crippen LogP contribution is -2.28. The Bertz CT molecular complexity index is 605. The second-order valence-corrected chi connectivity index (χ2v) is 4.65. The molecule has 0 unspecified atom stereocenters. The molecule has 1 amide bonds. The van der Waals surface area contributed by atoms with Crippen molar-refractivity contribution in [3.8, 4) is 0 Å². The van der Waals surface area contributed by atoms with Crippen molar-refractivity contribution in [3.05, 3.63) is 41.2 Å². The highest BCUT2D eigenvalue weighted by Gasteiger charge is 2.08. The Hall–Kier alpha value is -2.24. The number of hydrogen-bond donors (Lipinski definition) is 1. The Labute approximate surface area is 118 Å². The summed E-state index contributed by atoms with van der Waals surface area (Å²) in [5, 5.41) is 7.19. The first-order valence-corrected chi connectivity index (χ1v) is 6.70. The zero-order valence-electron chi connectivity index (χ0n) is 12.1. The van der Waals surface area contributed by atoms with E-state index in [0.717, 1.165) is 23.5 Å². The summed E-state index contributed by atoms with van der Waals surface area (Å²) >= 11 is 0. The fourth-order valence-electron chi connectivity index (χ4n) is 1.98. The first-order chi connectivity index (χ1) is 9.60. The van der Waals surface area contributed by atoms with Crippen LogP contribution in [-0.2, 0) is 13.0 Å². The van der Waals surface area contributed by atoms with Crippen LogP contribution in [0.15, 0.2) is 18.5 Å². The summed E-state index contributed by atoms with van der Waals surface area (Å²) in [6.45, 7) is 7.12. The highest BCUT2D eigenvalue weighted by Crippen LogP contribution is 2.01. The van der Waals surface area contributed by atoms with E-state index in [0.29, 0.717) is 18.8 Å². The van der Waals surface area contributed by atoms with Crippen molar-refractivity contribution in [2.75, 3.05) is 6.54 Å². The molecule has 0 spiro atoms. The van der Waals surface area contributed by atoms with Crippen LogP contribution in [0.25, 0.3) is 0 Å². The van der Waals surface area contributed by atoms with Gasteiger partial charge in [0.2, 0.25) is 0 Å². The van der Waals surface area contributed by atoms with E-state index in [1.54, 1.807) is 6.07 Å². The van der Waals surface area contributed by atoms with Crippen LogP contribution in [0.4, 0.5) is 0 Å². The van der Waals surface area contributed by atoms with Crippen molar-refractivity contribution in [1.29, 1.82) is 0 Å². The molecule has 0 aromatic carbocycles. The molecule has 0 saturated carbocycles. The molecule has 0 bridgehead atoms. The smallest absolute Gasteiger partial charge is 0.270 e. The van der Waals surface area contributed by atoms with Crippen LogP contribution in [0.5, 0.6) is 0 Å². The second kappa shape index (κ2) is 6.27. The molecule has 2 rings (SSSR count). The number of hydrogen-bond acceptors (Lipinski definition) is 4. The van der Waals surface area contributed by atoms with Gasteiger partial charge in [-0.2, -0.15) is 5.10 Å². The third kappa shape index (κ3) is 3.40. The van der Waals surface area contributed by atoms with E-state index in [-0.39, 0.29) is 5.91 Å². The van der Waals surface area contributed by atoms with Crippen LogP contribution in [0.2, 0.25) is 0 Å². The van der Waals surface area contributed by atoms with E-state index in [9.17, 15) is 4.79 Å². The largest absolute Gasteiger partial charge is 0.349 e. The van der Waals surface area contributed by atoms with Crippen LogP contribution in [-0.4, -0.2) is 32.2 Å². The van der Waals surface area contributed by atoms with Gasteiger partial charge < -0.3 is 5.32 Å². The van der Waals surface area contributed by atoms with Gasteiger partial charge >= 0.3 is 0 Å². The average Bonchev–Trinajstić information content (AvgIpc) is 2.77. The number of nitrogens with zero attached hydrogens (tertiary/aromatic N) is 4. The van der Waals surface area contributed by atoms with E-state index in [1.165, 1.54) is 6.33 Å². The van der Waals surface area contributed by atoms with Crippen molar-refractivity contribution < 1.29 is 4.79 Å². The Balaban J connectivity index is 1.90. The Morgan fingerprint density at radius 1 is 1.30 bits per heavy atom. The predicted molar refractivity (Wildman–Crippen MR) is 75.4 cm³/mol. The van der Waals surface area contributed by atoms with Crippen LogP contribution in [0.1, 0.15) is 34.5 Å². The summed E-state index contributed by atoms with van der Waals surface area (Å²) in [6.07, 6.45) is 2.21. The van der Waals surface area contributed by atoms with Gasteiger partial charge in [0.1, 0.15) is 12.0 Å². The molecule has 6 heteroatoms. The zero-order chi connectivity index (χ0) is 14.5. The first-order valence-electron chi connectivity index (χ1n) is 6.70. The van der Waals surface area contributed by atoms with Gasteiger partial charge in [-0.15, -0.1) is 0 Å². The fraction of sp³-hybridized carbons (Fsp3) is 0.429. The normalized spacial score (nSPS) is 10.6. The van der Waals surface area contributed by atoms with Gasteiger partial charge in [-0.3, -0.25) is 9.48 Å². The third-order valence-electron chi connectivity index (χ3n) is 3.03. The van der Waals surface area contributed by atoms with E-state index < -0.39 is 0 Å². The number of rotatable bonds is 5. The monoisotopic (exact) mass is 273 g/mol. The number of nitrogens with one attached hydrogen (secondary N) is 1. The van der Waals surface area contributed by atoms with Crippen molar-refractivity contribution >= 4 is 5.91 Å². The lowest BCUT2D eigenvalue weighted by Gasteiger charge is -2.07. The fourth-order valence-corrected chi connectivity index (χ4v) is 1.98. The van der Waals surface area contributed by atoms with Gasteiger partial charge in [0.05, 0.1) is 12.2 Å². The van der Waals surface area contributed by atoms with Crippen LogP contribution in [0, 0.1) is 13.8 Å². The van der Waals surface area contributed by atoms with E-state index >= 15 is 0 Å². The maximum atomic E-state index is 12.0. The Morgan fingerprint density at radius 3 is 2.75 bits per heavy atom. The summed E-state index contributed by atoms with van der Waals surface area (Å²) in [7, 11) is 0. The minimum absolute atomic E-state index is 0.177. The van der Waals surface area contributed by atoms with Gasteiger partial charge in [-0.05, 0) is 32.4 Å². The minimum Gasteiger partial charge on any atom is -0.349 e. The lowest BCUT2D eigenvalue weighted by molar-refractivity contribution is 0.0946. The molecule has 2 aromatic heterocycles. The summed E-state index contributed by atoms with van der Waals surface area (Å²) in [5.74, 6) is -0.177. The molecule has 6 nitrogen and oxygen atoms in total. The predicted octanol–water partition coefficient (Wildman–Crippen LogP) is 1.28. The third-order valence-corrected chi connectivity index (χ3v) is 3.03. The minimum atomic E-state index is -0.177. The van der Waals surface area contributed by atoms with E-state index in [2.05, 4.69) is 20.4 Å². The summed E-state index contributed by atoms with van der Waals surface area (Å²) in [6, 6.07) is 3.73. The second-order valence-electron chi connectivity index (χ2n) is 4.65. The van der Waals surface area contributed by atoms with Gasteiger partial charge in [0, 0.05) is 17.9 Å². The quantitative estimate of drug-likeness (QED) is 0.890. The van der Waals surface area contributed by atoms with Crippen LogP contribution >= 0.6 is 0 Å². The van der Waals surface area contributed by atoms with Gasteiger partial charge in [0.15, 0.2) is 0 Å². The maximum Gasteiger partial charge on any atom is 0.270 e. The number of aryl methyl sites for hydroxylation is 3.